The minimum absolute atomic E-state index is 0.0811. The number of aromatic nitrogens is 3. The van der Waals surface area contributed by atoms with Crippen LogP contribution in [0.25, 0.3) is 0 Å². The number of hydrogen-bond donors (Lipinski definition) is 1. The van der Waals surface area contributed by atoms with E-state index in [1.807, 2.05) is 29.8 Å². The fourth-order valence-electron chi connectivity index (χ4n) is 3.98. The highest BCUT2D eigenvalue weighted by Gasteiger charge is 2.44. The summed E-state index contributed by atoms with van der Waals surface area (Å²) in [6, 6.07) is 6.51. The largest absolute Gasteiger partial charge is 0.503 e. The van der Waals surface area contributed by atoms with E-state index >= 15 is 0 Å². The zero-order valence-electron chi connectivity index (χ0n) is 18.1. The fraction of sp³-hybridized carbons (Fsp3) is 0.304. The Morgan fingerprint density at radius 1 is 1.28 bits per heavy atom. The molecule has 1 amide bonds. The molecule has 3 heterocycles. The van der Waals surface area contributed by atoms with Crippen LogP contribution >= 0.6 is 11.3 Å². The number of benzene rings is 1. The number of amides is 1. The first-order valence-corrected chi connectivity index (χ1v) is 11.0. The molecule has 1 aliphatic heterocycles. The van der Waals surface area contributed by atoms with Crippen molar-refractivity contribution in [1.29, 1.82) is 0 Å². The average Bonchev–Trinajstić information content (AvgIpc) is 3.48. The highest BCUT2D eigenvalue weighted by atomic mass is 32.1. The van der Waals surface area contributed by atoms with Crippen molar-refractivity contribution in [2.75, 3.05) is 13.7 Å². The third-order valence-electron chi connectivity index (χ3n) is 5.44. The summed E-state index contributed by atoms with van der Waals surface area (Å²) in [6.07, 6.45) is 5.90. The average molecular weight is 453 g/mol. The van der Waals surface area contributed by atoms with Gasteiger partial charge in [-0.05, 0) is 38.0 Å². The van der Waals surface area contributed by atoms with Crippen molar-refractivity contribution in [3.8, 4) is 5.75 Å². The van der Waals surface area contributed by atoms with E-state index in [2.05, 4.69) is 9.97 Å². The molecule has 0 saturated carbocycles. The number of aryl methyl sites for hydroxylation is 3. The van der Waals surface area contributed by atoms with Crippen LogP contribution in [0.4, 0.5) is 0 Å². The minimum Gasteiger partial charge on any atom is -0.503 e. The minimum atomic E-state index is -0.713. The van der Waals surface area contributed by atoms with Gasteiger partial charge in [0.25, 0.3) is 5.91 Å². The summed E-state index contributed by atoms with van der Waals surface area (Å²) in [6.45, 7) is 4.60. The van der Waals surface area contributed by atoms with Gasteiger partial charge in [0, 0.05) is 25.5 Å². The lowest BCUT2D eigenvalue weighted by molar-refractivity contribution is -0.129. The molecule has 9 heteroatoms. The number of hydrogen-bond acceptors (Lipinski definition) is 7. The molecule has 1 N–H and O–H groups in total. The van der Waals surface area contributed by atoms with Crippen molar-refractivity contribution in [2.45, 2.75) is 32.9 Å². The van der Waals surface area contributed by atoms with Crippen molar-refractivity contribution < 1.29 is 19.4 Å². The van der Waals surface area contributed by atoms with E-state index in [0.717, 1.165) is 5.01 Å². The van der Waals surface area contributed by atoms with Gasteiger partial charge < -0.3 is 19.3 Å². The Balaban J connectivity index is 1.71. The van der Waals surface area contributed by atoms with Crippen molar-refractivity contribution in [1.82, 2.24) is 19.4 Å². The number of thiazole rings is 1. The molecule has 4 rings (SSSR count). The summed E-state index contributed by atoms with van der Waals surface area (Å²) < 4.78 is 7.27. The number of aliphatic hydroxyl groups excluding tert-OH is 1. The molecular weight excluding hydrogens is 428 g/mol. The van der Waals surface area contributed by atoms with Gasteiger partial charge in [-0.1, -0.05) is 12.1 Å². The van der Waals surface area contributed by atoms with Crippen LogP contribution in [0.15, 0.2) is 54.3 Å². The third-order valence-corrected chi connectivity index (χ3v) is 6.51. The molecule has 0 unspecified atom stereocenters. The Kier molecular flexibility index (Phi) is 6.09. The number of imidazole rings is 1. The Labute approximate surface area is 189 Å². The predicted octanol–water partition coefficient (Wildman–Crippen LogP) is 3.63. The van der Waals surface area contributed by atoms with E-state index in [4.69, 9.17) is 4.74 Å². The van der Waals surface area contributed by atoms with Crippen LogP contribution in [0, 0.1) is 13.8 Å². The van der Waals surface area contributed by atoms with Gasteiger partial charge in [-0.25, -0.2) is 9.97 Å². The predicted molar refractivity (Wildman–Crippen MR) is 120 cm³/mol. The fourth-order valence-corrected chi connectivity index (χ4v) is 4.86. The topological polar surface area (TPSA) is 97.5 Å². The van der Waals surface area contributed by atoms with Crippen LogP contribution in [0.3, 0.4) is 0 Å². The number of ether oxygens (including phenoxy) is 1. The molecule has 8 nitrogen and oxygen atoms in total. The second-order valence-corrected chi connectivity index (χ2v) is 8.77. The molecule has 32 heavy (non-hydrogen) atoms. The van der Waals surface area contributed by atoms with E-state index in [1.165, 1.54) is 11.3 Å². The highest BCUT2D eigenvalue weighted by Crippen LogP contribution is 2.41. The number of rotatable bonds is 8. The first kappa shape index (κ1) is 21.8. The molecule has 3 aromatic rings. The van der Waals surface area contributed by atoms with Crippen LogP contribution in [-0.2, 0) is 11.3 Å². The molecule has 0 bridgehead atoms. The summed E-state index contributed by atoms with van der Waals surface area (Å²) in [5.41, 5.74) is 1.37. The Hall–Kier alpha value is -3.46. The molecule has 1 atom stereocenters. The van der Waals surface area contributed by atoms with Gasteiger partial charge in [0.1, 0.15) is 5.75 Å². The Morgan fingerprint density at radius 3 is 2.75 bits per heavy atom. The quantitative estimate of drug-likeness (QED) is 0.524. The first-order chi connectivity index (χ1) is 15.4. The third kappa shape index (κ3) is 4.03. The Morgan fingerprint density at radius 2 is 2.09 bits per heavy atom. The van der Waals surface area contributed by atoms with Crippen molar-refractivity contribution in [3.05, 3.63) is 75.5 Å². The van der Waals surface area contributed by atoms with Gasteiger partial charge in [-0.3, -0.25) is 9.59 Å². The second kappa shape index (κ2) is 8.96. The van der Waals surface area contributed by atoms with Crippen LogP contribution in [-0.4, -0.2) is 49.9 Å². The van der Waals surface area contributed by atoms with Gasteiger partial charge >= 0.3 is 0 Å². The lowest BCUT2D eigenvalue weighted by Gasteiger charge is -2.27. The van der Waals surface area contributed by atoms with Crippen LogP contribution in [0.1, 0.15) is 38.4 Å². The SMILES string of the molecule is COc1cccc([C@H]2C(C(=O)c3sc(C)nc3C)=C(O)C(=O)N2CCCn2ccnc2)c1. The van der Waals surface area contributed by atoms with Crippen molar-refractivity contribution in [3.63, 3.8) is 0 Å². The molecule has 0 fully saturated rings. The van der Waals surface area contributed by atoms with Crippen LogP contribution in [0.5, 0.6) is 5.75 Å². The molecule has 2 aromatic heterocycles. The van der Waals surface area contributed by atoms with E-state index < -0.39 is 17.7 Å². The van der Waals surface area contributed by atoms with E-state index in [-0.39, 0.29) is 11.4 Å². The van der Waals surface area contributed by atoms with Gasteiger partial charge in [0.2, 0.25) is 5.78 Å². The number of Topliss-reactive ketones (excluding diaryl/α,β-unsaturated/α-hetero) is 1. The number of nitrogens with zero attached hydrogens (tertiary/aromatic N) is 4. The molecule has 0 saturated heterocycles. The smallest absolute Gasteiger partial charge is 0.290 e. The molecule has 0 aliphatic carbocycles. The summed E-state index contributed by atoms with van der Waals surface area (Å²) >= 11 is 1.26. The van der Waals surface area contributed by atoms with Gasteiger partial charge in [-0.15, -0.1) is 11.3 Å². The molecule has 0 radical (unpaired) electrons. The lowest BCUT2D eigenvalue weighted by Crippen LogP contribution is -2.32. The maximum absolute atomic E-state index is 13.5. The first-order valence-electron chi connectivity index (χ1n) is 10.2. The number of ketones is 1. The molecule has 1 aliphatic rings. The molecule has 1 aromatic carbocycles. The lowest BCUT2D eigenvalue weighted by atomic mass is 9.95. The normalized spacial score (nSPS) is 16.2. The van der Waals surface area contributed by atoms with Gasteiger partial charge in [0.15, 0.2) is 5.76 Å². The number of aliphatic hydroxyl groups is 1. The summed E-state index contributed by atoms with van der Waals surface area (Å²) in [5.74, 6) is -0.818. The van der Waals surface area contributed by atoms with Gasteiger partial charge in [-0.2, -0.15) is 0 Å². The van der Waals surface area contributed by atoms with E-state index in [9.17, 15) is 14.7 Å². The van der Waals surface area contributed by atoms with Gasteiger partial charge in [0.05, 0.1) is 40.6 Å². The molecular formula is C23H24N4O4S. The Bertz CT molecular complexity index is 1180. The number of methoxy groups -OCH3 is 1. The number of carbonyl (C=O) groups excluding carboxylic acids is 2. The van der Waals surface area contributed by atoms with E-state index in [0.29, 0.717) is 41.4 Å². The zero-order valence-corrected chi connectivity index (χ0v) is 18.9. The van der Waals surface area contributed by atoms with Crippen molar-refractivity contribution in [2.24, 2.45) is 0 Å². The summed E-state index contributed by atoms with van der Waals surface area (Å²) in [5, 5.41) is 11.6. The number of carbonyl (C=O) groups is 2. The summed E-state index contributed by atoms with van der Waals surface area (Å²) in [4.78, 5) is 36.9. The van der Waals surface area contributed by atoms with Crippen LogP contribution < -0.4 is 4.74 Å². The van der Waals surface area contributed by atoms with Crippen molar-refractivity contribution >= 4 is 23.0 Å². The standard InChI is InChI=1S/C23H24N4O4S/c1-14-22(32-15(2)25-14)20(28)18-19(16-6-4-7-17(12-16)31-3)27(23(30)21(18)29)10-5-9-26-11-8-24-13-26/h4,6-8,11-13,19,29H,5,9-10H2,1-3H3/t19-/m0/s1. The molecule has 0 spiro atoms. The maximum Gasteiger partial charge on any atom is 0.290 e. The second-order valence-electron chi connectivity index (χ2n) is 7.57. The highest BCUT2D eigenvalue weighted by molar-refractivity contribution is 7.14. The molecule has 166 valence electrons. The maximum atomic E-state index is 13.5. The summed E-state index contributed by atoms with van der Waals surface area (Å²) in [7, 11) is 1.56. The zero-order chi connectivity index (χ0) is 22.8. The monoisotopic (exact) mass is 452 g/mol. The van der Waals surface area contributed by atoms with Crippen LogP contribution in [0.2, 0.25) is 0 Å². The van der Waals surface area contributed by atoms with E-state index in [1.54, 1.807) is 43.6 Å².